The van der Waals surface area contributed by atoms with Crippen LogP contribution >= 0.6 is 0 Å². The minimum absolute atomic E-state index is 0.0617. The van der Waals surface area contributed by atoms with E-state index in [0.29, 0.717) is 5.52 Å². The molecule has 0 aliphatic carbocycles. The van der Waals surface area contributed by atoms with E-state index >= 15 is 4.79 Å². The molecule has 3 heterocycles. The summed E-state index contributed by atoms with van der Waals surface area (Å²) >= 11 is 0. The van der Waals surface area contributed by atoms with Gasteiger partial charge in [-0.1, -0.05) is 152 Å². The van der Waals surface area contributed by atoms with E-state index in [1.54, 1.807) is 0 Å². The van der Waals surface area contributed by atoms with Crippen molar-refractivity contribution in [3.8, 4) is 50.4 Å². The Balaban J connectivity index is 1.10. The van der Waals surface area contributed by atoms with E-state index in [1.165, 1.54) is 21.9 Å². The third kappa shape index (κ3) is 5.57. The van der Waals surface area contributed by atoms with E-state index in [2.05, 4.69) is 191 Å². The van der Waals surface area contributed by atoms with Crippen LogP contribution in [0, 0.1) is 0 Å². The van der Waals surface area contributed by atoms with Crippen molar-refractivity contribution in [1.29, 1.82) is 0 Å². The zero-order valence-corrected chi connectivity index (χ0v) is 33.1. The molecule has 0 spiro atoms. The van der Waals surface area contributed by atoms with Gasteiger partial charge in [-0.2, -0.15) is 0 Å². The van der Waals surface area contributed by atoms with Crippen molar-refractivity contribution in [2.24, 2.45) is 0 Å². The van der Waals surface area contributed by atoms with Crippen LogP contribution in [0.4, 0.5) is 0 Å². The Morgan fingerprint density at radius 1 is 0.262 bits per heavy atom. The zero-order valence-electron chi connectivity index (χ0n) is 33.1. The molecule has 3 aromatic heterocycles. The third-order valence-electron chi connectivity index (χ3n) is 12.2. The third-order valence-corrected chi connectivity index (χ3v) is 12.2. The van der Waals surface area contributed by atoms with Gasteiger partial charge >= 0.3 is 0 Å². The standard InChI is InChI=1S/C57H37N3O/c61-57-56-55(48-27-11-13-29-52(48)60(57)44-22-8-3-9-23-44)50-37-43(31-33-54(50)59(56)46-25-15-21-41(35-46)39-18-6-2-7-19-39)42-30-32-53-49(36-42)47-26-10-12-28-51(47)58(53)45-24-14-20-40(34-45)38-16-4-1-5-17-38/h1-37H. The number of fused-ring (bicyclic) bond motifs is 8. The van der Waals surface area contributed by atoms with Gasteiger partial charge in [0, 0.05) is 44.0 Å². The fourth-order valence-corrected chi connectivity index (χ4v) is 9.48. The molecule has 0 fully saturated rings. The predicted molar refractivity (Wildman–Crippen MR) is 255 cm³/mol. The molecule has 0 saturated carbocycles. The lowest BCUT2D eigenvalue weighted by atomic mass is 9.99. The summed E-state index contributed by atoms with van der Waals surface area (Å²) in [7, 11) is 0. The van der Waals surface area contributed by atoms with Crippen molar-refractivity contribution < 1.29 is 0 Å². The highest BCUT2D eigenvalue weighted by molar-refractivity contribution is 6.21. The summed E-state index contributed by atoms with van der Waals surface area (Å²) in [5.74, 6) is 0. The Bertz CT molecular complexity index is 3710. The lowest BCUT2D eigenvalue weighted by molar-refractivity contribution is 1.04. The lowest BCUT2D eigenvalue weighted by Crippen LogP contribution is -2.21. The van der Waals surface area contributed by atoms with E-state index in [9.17, 15) is 0 Å². The maximum Gasteiger partial charge on any atom is 0.280 e. The summed E-state index contributed by atoms with van der Waals surface area (Å²) in [4.78, 5) is 15.2. The second-order valence-corrected chi connectivity index (χ2v) is 15.7. The van der Waals surface area contributed by atoms with Crippen LogP contribution in [-0.2, 0) is 0 Å². The Morgan fingerprint density at radius 3 is 1.31 bits per heavy atom. The maximum atomic E-state index is 15.2. The first-order valence-electron chi connectivity index (χ1n) is 20.7. The highest BCUT2D eigenvalue weighted by Gasteiger charge is 2.23. The van der Waals surface area contributed by atoms with Crippen molar-refractivity contribution in [3.63, 3.8) is 0 Å². The van der Waals surface area contributed by atoms with Gasteiger partial charge in [0.1, 0.15) is 5.52 Å². The first kappa shape index (κ1) is 34.8. The highest BCUT2D eigenvalue weighted by atomic mass is 16.1. The van der Waals surface area contributed by atoms with Gasteiger partial charge in [0.2, 0.25) is 0 Å². The number of pyridine rings is 1. The Kier molecular flexibility index (Phi) is 7.97. The molecule has 0 atom stereocenters. The van der Waals surface area contributed by atoms with Gasteiger partial charge in [-0.25, -0.2) is 0 Å². The molecule has 0 N–H and O–H groups in total. The quantitative estimate of drug-likeness (QED) is 0.165. The fraction of sp³-hybridized carbons (Fsp3) is 0. The molecule has 0 aliphatic rings. The number of aromatic nitrogens is 3. The molecular weight excluding hydrogens is 743 g/mol. The molecule has 12 rings (SSSR count). The van der Waals surface area contributed by atoms with E-state index in [-0.39, 0.29) is 5.56 Å². The van der Waals surface area contributed by atoms with Gasteiger partial charge in [0.25, 0.3) is 5.56 Å². The number of rotatable bonds is 6. The molecule has 0 unspecified atom stereocenters. The summed E-state index contributed by atoms with van der Waals surface area (Å²) in [6.45, 7) is 0. The largest absolute Gasteiger partial charge is 0.309 e. The lowest BCUT2D eigenvalue weighted by Gasteiger charge is -2.14. The summed E-state index contributed by atoms with van der Waals surface area (Å²) in [5.41, 5.74) is 14.4. The number of benzene rings is 9. The van der Waals surface area contributed by atoms with E-state index in [4.69, 9.17) is 0 Å². The van der Waals surface area contributed by atoms with Crippen LogP contribution in [0.15, 0.2) is 229 Å². The minimum Gasteiger partial charge on any atom is -0.309 e. The maximum absolute atomic E-state index is 15.2. The molecular formula is C57H37N3O. The first-order chi connectivity index (χ1) is 30.2. The summed E-state index contributed by atoms with van der Waals surface area (Å²) in [6.07, 6.45) is 0. The SMILES string of the molecule is O=c1c2c(c3ccccc3n1-c1ccccc1)c1cc(-c3ccc4c(c3)c3ccccc3n4-c3cccc(-c4ccccc4)c3)ccc1n2-c1cccc(-c2ccccc2)c1. The van der Waals surface area contributed by atoms with Gasteiger partial charge in [-0.15, -0.1) is 0 Å². The molecule has 61 heavy (non-hydrogen) atoms. The van der Waals surface area contributed by atoms with Crippen LogP contribution in [0.1, 0.15) is 0 Å². The van der Waals surface area contributed by atoms with E-state index < -0.39 is 0 Å². The molecule has 9 aromatic carbocycles. The molecule has 286 valence electrons. The van der Waals surface area contributed by atoms with E-state index in [1.807, 2.05) is 47.0 Å². The number of hydrogen-bond acceptors (Lipinski definition) is 1. The number of nitrogens with zero attached hydrogens (tertiary/aromatic N) is 3. The highest BCUT2D eigenvalue weighted by Crippen LogP contribution is 2.40. The van der Waals surface area contributed by atoms with Crippen LogP contribution in [0.2, 0.25) is 0 Å². The van der Waals surface area contributed by atoms with Crippen LogP contribution in [0.25, 0.3) is 105 Å². The minimum atomic E-state index is -0.0617. The monoisotopic (exact) mass is 779 g/mol. The molecule has 12 aromatic rings. The van der Waals surface area contributed by atoms with Crippen LogP contribution in [0.3, 0.4) is 0 Å². The molecule has 0 aliphatic heterocycles. The van der Waals surface area contributed by atoms with Crippen molar-refractivity contribution >= 4 is 54.5 Å². The fourth-order valence-electron chi connectivity index (χ4n) is 9.48. The molecule has 0 saturated heterocycles. The summed E-state index contributed by atoms with van der Waals surface area (Å²) in [6, 6.07) is 78.8. The van der Waals surface area contributed by atoms with Gasteiger partial charge in [-0.3, -0.25) is 9.36 Å². The Hall–Kier alpha value is -8.21. The van der Waals surface area contributed by atoms with Gasteiger partial charge in [0.05, 0.1) is 22.1 Å². The van der Waals surface area contributed by atoms with Crippen molar-refractivity contribution in [2.45, 2.75) is 0 Å². The molecule has 4 heteroatoms. The average Bonchev–Trinajstić information content (AvgIpc) is 3.86. The number of para-hydroxylation sites is 3. The predicted octanol–water partition coefficient (Wildman–Crippen LogP) is 14.2. The topological polar surface area (TPSA) is 31.9 Å². The molecule has 0 bridgehead atoms. The van der Waals surface area contributed by atoms with Gasteiger partial charge in [-0.05, 0) is 106 Å². The average molecular weight is 780 g/mol. The van der Waals surface area contributed by atoms with Gasteiger partial charge in [0.15, 0.2) is 0 Å². The Labute approximate surface area is 352 Å². The van der Waals surface area contributed by atoms with Crippen molar-refractivity contribution in [3.05, 3.63) is 235 Å². The van der Waals surface area contributed by atoms with Crippen LogP contribution in [0.5, 0.6) is 0 Å². The van der Waals surface area contributed by atoms with Crippen molar-refractivity contribution in [1.82, 2.24) is 13.7 Å². The van der Waals surface area contributed by atoms with Crippen LogP contribution < -0.4 is 5.56 Å². The Morgan fingerprint density at radius 2 is 0.689 bits per heavy atom. The van der Waals surface area contributed by atoms with Gasteiger partial charge < -0.3 is 9.13 Å². The van der Waals surface area contributed by atoms with E-state index in [0.717, 1.165) is 77.5 Å². The number of hydrogen-bond donors (Lipinski definition) is 0. The second-order valence-electron chi connectivity index (χ2n) is 15.7. The normalized spacial score (nSPS) is 11.7. The zero-order chi connectivity index (χ0) is 40.4. The van der Waals surface area contributed by atoms with Crippen molar-refractivity contribution in [2.75, 3.05) is 0 Å². The molecule has 0 amide bonds. The first-order valence-corrected chi connectivity index (χ1v) is 20.7. The van der Waals surface area contributed by atoms with Crippen LogP contribution in [-0.4, -0.2) is 13.7 Å². The summed E-state index contributed by atoms with van der Waals surface area (Å²) < 4.78 is 6.43. The smallest absolute Gasteiger partial charge is 0.280 e. The molecule has 0 radical (unpaired) electrons. The summed E-state index contributed by atoms with van der Waals surface area (Å²) in [5, 5.41) is 5.40. The molecule has 4 nitrogen and oxygen atoms in total. The second kappa shape index (κ2) is 14.0.